The van der Waals surface area contributed by atoms with Crippen LogP contribution in [0.5, 0.6) is 0 Å². The van der Waals surface area contributed by atoms with Crippen LogP contribution >= 0.6 is 36.4 Å². The van der Waals surface area contributed by atoms with Crippen molar-refractivity contribution in [3.05, 3.63) is 28.3 Å². The van der Waals surface area contributed by atoms with Crippen LogP contribution in [0.2, 0.25) is 5.02 Å². The van der Waals surface area contributed by atoms with Crippen LogP contribution in [0.4, 0.5) is 5.69 Å². The summed E-state index contributed by atoms with van der Waals surface area (Å²) in [7, 11) is 2.18. The van der Waals surface area contributed by atoms with E-state index in [1.54, 1.807) is 0 Å². The van der Waals surface area contributed by atoms with Gasteiger partial charge in [-0.3, -0.25) is 4.99 Å². The number of fused-ring (bicyclic) bond motifs is 1. The van der Waals surface area contributed by atoms with Crippen molar-refractivity contribution < 1.29 is 0 Å². The van der Waals surface area contributed by atoms with E-state index in [0.717, 1.165) is 36.9 Å². The molecule has 0 fully saturated rings. The molecule has 3 rings (SSSR count). The molecule has 3 nitrogen and oxygen atoms in total. The Morgan fingerprint density at radius 3 is 2.64 bits per heavy atom. The maximum Gasteiger partial charge on any atom is 0.104 e. The van der Waals surface area contributed by atoms with Gasteiger partial charge in [0.05, 0.1) is 6.54 Å². The third kappa shape index (κ3) is 3.47. The Morgan fingerprint density at radius 1 is 1.32 bits per heavy atom. The van der Waals surface area contributed by atoms with Gasteiger partial charge in [0, 0.05) is 36.8 Å². The van der Waals surface area contributed by atoms with Crippen LogP contribution in [0, 0.1) is 0 Å². The molecule has 0 spiro atoms. The Bertz CT molecular complexity index is 558. The van der Waals surface area contributed by atoms with Crippen molar-refractivity contribution in [2.24, 2.45) is 4.99 Å². The van der Waals surface area contributed by atoms with E-state index in [4.69, 9.17) is 11.6 Å². The second kappa shape index (κ2) is 7.76. The number of anilines is 1. The normalized spacial score (nSPS) is 19.8. The van der Waals surface area contributed by atoms with Gasteiger partial charge in [0.1, 0.15) is 5.84 Å². The molecule has 0 saturated carbocycles. The number of nitrogens with one attached hydrogen (secondary N) is 1. The fourth-order valence-electron chi connectivity index (χ4n) is 3.31. The highest BCUT2D eigenvalue weighted by atomic mass is 35.5. The Labute approximate surface area is 150 Å². The highest BCUT2D eigenvalue weighted by molar-refractivity contribution is 6.31. The largest absolute Gasteiger partial charge is 0.374 e. The standard InChI is InChI=1S/C16H22ClN3.2ClH/c1-10(2)13-8-11(17)9-14-12(16-18-5-6-19-16)4-7-20(3)15(13)14;;/h8-10,12H,4-7H2,1-3H3,(H,18,19);2*1H. The number of hydrogen-bond acceptors (Lipinski definition) is 3. The van der Waals surface area contributed by atoms with Gasteiger partial charge in [-0.05, 0) is 35.6 Å². The fraction of sp³-hybridized carbons (Fsp3) is 0.562. The van der Waals surface area contributed by atoms with Gasteiger partial charge in [0.2, 0.25) is 0 Å². The minimum absolute atomic E-state index is 0. The molecule has 0 aliphatic carbocycles. The van der Waals surface area contributed by atoms with Crippen molar-refractivity contribution in [3.63, 3.8) is 0 Å². The second-order valence-electron chi connectivity index (χ2n) is 6.04. The van der Waals surface area contributed by atoms with Gasteiger partial charge in [0.25, 0.3) is 0 Å². The van der Waals surface area contributed by atoms with Crippen molar-refractivity contribution >= 4 is 47.9 Å². The molecule has 0 aromatic heterocycles. The van der Waals surface area contributed by atoms with Gasteiger partial charge in [-0.1, -0.05) is 25.4 Å². The summed E-state index contributed by atoms with van der Waals surface area (Å²) in [6.45, 7) is 7.40. The SMILES string of the molecule is CC(C)c1cc(Cl)cc2c1N(C)CCC2C1=NCCN1.Cl.Cl. The fourth-order valence-corrected chi connectivity index (χ4v) is 3.55. The lowest BCUT2D eigenvalue weighted by atomic mass is 9.85. The molecule has 22 heavy (non-hydrogen) atoms. The van der Waals surface area contributed by atoms with Gasteiger partial charge < -0.3 is 10.2 Å². The zero-order chi connectivity index (χ0) is 14.3. The van der Waals surface area contributed by atoms with E-state index in [9.17, 15) is 0 Å². The zero-order valence-corrected chi connectivity index (χ0v) is 15.6. The van der Waals surface area contributed by atoms with Crippen LogP contribution in [-0.4, -0.2) is 32.5 Å². The molecule has 124 valence electrons. The maximum atomic E-state index is 6.37. The summed E-state index contributed by atoms with van der Waals surface area (Å²) in [5.41, 5.74) is 4.04. The van der Waals surface area contributed by atoms with E-state index >= 15 is 0 Å². The van der Waals surface area contributed by atoms with E-state index in [0.29, 0.717) is 11.8 Å². The predicted molar refractivity (Wildman–Crippen MR) is 101 cm³/mol. The summed E-state index contributed by atoms with van der Waals surface area (Å²) in [4.78, 5) is 7.00. The first-order chi connectivity index (χ1) is 9.58. The quantitative estimate of drug-likeness (QED) is 0.850. The molecule has 6 heteroatoms. The van der Waals surface area contributed by atoms with Crippen molar-refractivity contribution in [2.45, 2.75) is 32.1 Å². The number of rotatable bonds is 2. The maximum absolute atomic E-state index is 6.37. The number of halogens is 3. The van der Waals surface area contributed by atoms with Crippen molar-refractivity contribution in [2.75, 3.05) is 31.6 Å². The monoisotopic (exact) mass is 363 g/mol. The molecule has 0 amide bonds. The van der Waals surface area contributed by atoms with Crippen LogP contribution < -0.4 is 10.2 Å². The minimum atomic E-state index is 0. The number of amidine groups is 1. The Hall–Kier alpha value is -0.640. The highest BCUT2D eigenvalue weighted by Gasteiger charge is 2.31. The Kier molecular flexibility index (Phi) is 6.84. The first-order valence-corrected chi connectivity index (χ1v) is 7.78. The van der Waals surface area contributed by atoms with E-state index in [2.05, 4.69) is 48.2 Å². The zero-order valence-electron chi connectivity index (χ0n) is 13.2. The molecule has 1 atom stereocenters. The third-order valence-corrected chi connectivity index (χ3v) is 4.51. The molecule has 2 aliphatic rings. The molecule has 0 bridgehead atoms. The number of nitrogens with zero attached hydrogens (tertiary/aromatic N) is 2. The van der Waals surface area contributed by atoms with Gasteiger partial charge in [0.15, 0.2) is 0 Å². The molecule has 1 aromatic rings. The Morgan fingerprint density at radius 2 is 2.05 bits per heavy atom. The van der Waals surface area contributed by atoms with E-state index < -0.39 is 0 Å². The molecule has 1 N–H and O–H groups in total. The molecular weight excluding hydrogens is 341 g/mol. The smallest absolute Gasteiger partial charge is 0.104 e. The van der Waals surface area contributed by atoms with Crippen LogP contribution in [-0.2, 0) is 0 Å². The van der Waals surface area contributed by atoms with E-state index in [1.807, 2.05) is 0 Å². The van der Waals surface area contributed by atoms with Gasteiger partial charge in [-0.2, -0.15) is 0 Å². The third-order valence-electron chi connectivity index (χ3n) is 4.30. The highest BCUT2D eigenvalue weighted by Crippen LogP contribution is 2.42. The average molecular weight is 365 g/mol. The van der Waals surface area contributed by atoms with Crippen molar-refractivity contribution in [1.29, 1.82) is 0 Å². The summed E-state index contributed by atoms with van der Waals surface area (Å²) < 4.78 is 0. The van der Waals surface area contributed by atoms with Crippen molar-refractivity contribution in [1.82, 2.24) is 5.32 Å². The Balaban J connectivity index is 0.00000121. The van der Waals surface area contributed by atoms with E-state index in [-0.39, 0.29) is 24.8 Å². The van der Waals surface area contributed by atoms with E-state index in [1.165, 1.54) is 16.8 Å². The molecule has 2 aliphatic heterocycles. The van der Waals surface area contributed by atoms with Crippen molar-refractivity contribution in [3.8, 4) is 0 Å². The molecular formula is C16H24Cl3N3. The number of aliphatic imine (C=N–C) groups is 1. The number of hydrogen-bond donors (Lipinski definition) is 1. The minimum Gasteiger partial charge on any atom is -0.374 e. The lowest BCUT2D eigenvalue weighted by molar-refractivity contribution is 0.684. The predicted octanol–water partition coefficient (Wildman–Crippen LogP) is 4.23. The van der Waals surface area contributed by atoms with Crippen LogP contribution in [0.3, 0.4) is 0 Å². The van der Waals surface area contributed by atoms with Crippen LogP contribution in [0.15, 0.2) is 17.1 Å². The molecule has 0 radical (unpaired) electrons. The van der Waals surface area contributed by atoms with Gasteiger partial charge in [-0.25, -0.2) is 0 Å². The first-order valence-electron chi connectivity index (χ1n) is 7.40. The molecule has 0 saturated heterocycles. The summed E-state index contributed by atoms with van der Waals surface area (Å²) in [6, 6.07) is 4.25. The topological polar surface area (TPSA) is 27.6 Å². The lowest BCUT2D eigenvalue weighted by Gasteiger charge is -2.36. The lowest BCUT2D eigenvalue weighted by Crippen LogP contribution is -2.35. The summed E-state index contributed by atoms with van der Waals surface area (Å²) in [5.74, 6) is 2.00. The first kappa shape index (κ1) is 19.4. The van der Waals surface area contributed by atoms with Crippen LogP contribution in [0.1, 0.15) is 43.2 Å². The molecule has 2 heterocycles. The summed E-state index contributed by atoms with van der Waals surface area (Å²) in [6.07, 6.45) is 1.10. The summed E-state index contributed by atoms with van der Waals surface area (Å²) in [5, 5.41) is 4.28. The molecule has 1 aromatic carbocycles. The van der Waals surface area contributed by atoms with Gasteiger partial charge >= 0.3 is 0 Å². The summed E-state index contributed by atoms with van der Waals surface area (Å²) >= 11 is 6.37. The molecule has 1 unspecified atom stereocenters. The second-order valence-corrected chi connectivity index (χ2v) is 6.48. The average Bonchev–Trinajstić information content (AvgIpc) is 2.91. The van der Waals surface area contributed by atoms with Gasteiger partial charge in [-0.15, -0.1) is 24.8 Å². The number of benzene rings is 1. The van der Waals surface area contributed by atoms with Crippen LogP contribution in [0.25, 0.3) is 0 Å².